The van der Waals surface area contributed by atoms with Crippen LogP contribution >= 0.6 is 22.9 Å². The minimum Gasteiger partial charge on any atom is -0.451 e. The molecule has 24 heavy (non-hydrogen) atoms. The number of amides is 1. The number of rotatable bonds is 3. The molecule has 2 aromatic heterocycles. The molecule has 0 saturated carbocycles. The average Bonchev–Trinajstić information content (AvgIpc) is 3.21. The van der Waals surface area contributed by atoms with Crippen LogP contribution in [0, 0.1) is 0 Å². The van der Waals surface area contributed by atoms with Crippen molar-refractivity contribution in [3.8, 4) is 11.3 Å². The molecule has 118 valence electrons. The van der Waals surface area contributed by atoms with E-state index < -0.39 is 0 Å². The van der Waals surface area contributed by atoms with Gasteiger partial charge in [-0.25, -0.2) is 4.98 Å². The molecule has 0 spiro atoms. The quantitative estimate of drug-likeness (QED) is 0.531. The van der Waals surface area contributed by atoms with Crippen molar-refractivity contribution in [2.75, 3.05) is 5.32 Å². The first-order chi connectivity index (χ1) is 11.7. The van der Waals surface area contributed by atoms with Gasteiger partial charge in [-0.1, -0.05) is 35.1 Å². The molecular formula is C18H11ClN2O2S. The lowest BCUT2D eigenvalue weighted by Gasteiger charge is -1.99. The molecule has 6 heteroatoms. The maximum atomic E-state index is 12.3. The molecule has 0 saturated heterocycles. The van der Waals surface area contributed by atoms with Crippen LogP contribution in [-0.2, 0) is 0 Å². The van der Waals surface area contributed by atoms with Gasteiger partial charge in [0.05, 0.1) is 10.2 Å². The summed E-state index contributed by atoms with van der Waals surface area (Å²) >= 11 is 7.30. The van der Waals surface area contributed by atoms with Gasteiger partial charge in [-0.2, -0.15) is 0 Å². The fourth-order valence-electron chi connectivity index (χ4n) is 2.31. The number of carbonyl (C=O) groups is 1. The summed E-state index contributed by atoms with van der Waals surface area (Å²) in [6.07, 6.45) is 0. The second-order valence-corrected chi connectivity index (χ2v) is 6.58. The van der Waals surface area contributed by atoms with Gasteiger partial charge >= 0.3 is 0 Å². The number of thiazole rings is 1. The number of furan rings is 1. The normalized spacial score (nSPS) is 10.9. The summed E-state index contributed by atoms with van der Waals surface area (Å²) in [5.41, 5.74) is 1.72. The van der Waals surface area contributed by atoms with Gasteiger partial charge in [0.2, 0.25) is 0 Å². The number of fused-ring (bicyclic) bond motifs is 1. The highest BCUT2D eigenvalue weighted by atomic mass is 35.5. The van der Waals surface area contributed by atoms with Crippen LogP contribution in [-0.4, -0.2) is 10.9 Å². The number of benzene rings is 2. The summed E-state index contributed by atoms with van der Waals surface area (Å²) in [7, 11) is 0. The van der Waals surface area contributed by atoms with Crippen LogP contribution in [0.15, 0.2) is 65.1 Å². The van der Waals surface area contributed by atoms with Gasteiger partial charge in [-0.15, -0.1) is 0 Å². The van der Waals surface area contributed by atoms with Gasteiger partial charge in [0.25, 0.3) is 5.91 Å². The predicted octanol–water partition coefficient (Wildman–Crippen LogP) is 5.46. The van der Waals surface area contributed by atoms with E-state index >= 15 is 0 Å². The van der Waals surface area contributed by atoms with E-state index in [0.717, 1.165) is 15.8 Å². The van der Waals surface area contributed by atoms with Gasteiger partial charge in [0.1, 0.15) is 5.76 Å². The van der Waals surface area contributed by atoms with Crippen LogP contribution in [0.4, 0.5) is 5.13 Å². The Bertz CT molecular complexity index is 988. The molecule has 4 nitrogen and oxygen atoms in total. The van der Waals surface area contributed by atoms with Crippen LogP contribution in [0.5, 0.6) is 0 Å². The number of nitrogens with zero attached hydrogens (tertiary/aromatic N) is 1. The number of hydrogen-bond donors (Lipinski definition) is 1. The lowest BCUT2D eigenvalue weighted by atomic mass is 10.2. The highest BCUT2D eigenvalue weighted by Crippen LogP contribution is 2.27. The predicted molar refractivity (Wildman–Crippen MR) is 96.7 cm³/mol. The second-order valence-electron chi connectivity index (χ2n) is 5.11. The first-order valence-corrected chi connectivity index (χ1v) is 8.41. The summed E-state index contributed by atoms with van der Waals surface area (Å²) in [6, 6.07) is 18.4. The van der Waals surface area contributed by atoms with Crippen molar-refractivity contribution in [3.63, 3.8) is 0 Å². The van der Waals surface area contributed by atoms with E-state index in [0.29, 0.717) is 15.9 Å². The molecule has 0 unspecified atom stereocenters. The van der Waals surface area contributed by atoms with Gasteiger partial charge in [0.15, 0.2) is 10.9 Å². The Morgan fingerprint density at radius 2 is 1.83 bits per heavy atom. The molecule has 0 aliphatic heterocycles. The fraction of sp³-hybridized carbons (Fsp3) is 0. The minimum absolute atomic E-state index is 0.235. The van der Waals surface area contributed by atoms with E-state index in [1.54, 1.807) is 24.3 Å². The molecule has 0 radical (unpaired) electrons. The summed E-state index contributed by atoms with van der Waals surface area (Å²) in [6.45, 7) is 0. The number of para-hydroxylation sites is 1. The minimum atomic E-state index is -0.325. The maximum Gasteiger partial charge on any atom is 0.293 e. The van der Waals surface area contributed by atoms with Crippen molar-refractivity contribution in [1.29, 1.82) is 0 Å². The molecule has 0 bridgehead atoms. The lowest BCUT2D eigenvalue weighted by Crippen LogP contribution is -2.10. The second kappa shape index (κ2) is 6.11. The fourth-order valence-corrected chi connectivity index (χ4v) is 3.30. The molecule has 4 rings (SSSR count). The van der Waals surface area contributed by atoms with Crippen molar-refractivity contribution in [3.05, 3.63) is 71.4 Å². The smallest absolute Gasteiger partial charge is 0.293 e. The van der Waals surface area contributed by atoms with E-state index in [4.69, 9.17) is 16.0 Å². The Morgan fingerprint density at radius 1 is 1.04 bits per heavy atom. The third-order valence-electron chi connectivity index (χ3n) is 3.47. The first kappa shape index (κ1) is 14.9. The van der Waals surface area contributed by atoms with Crippen molar-refractivity contribution >= 4 is 44.2 Å². The molecule has 2 aromatic carbocycles. The number of halogens is 1. The van der Waals surface area contributed by atoms with Crippen molar-refractivity contribution < 1.29 is 9.21 Å². The summed E-state index contributed by atoms with van der Waals surface area (Å²) < 4.78 is 6.66. The van der Waals surface area contributed by atoms with E-state index in [1.165, 1.54) is 11.3 Å². The Hall–Kier alpha value is -2.63. The van der Waals surface area contributed by atoms with Crippen molar-refractivity contribution in [2.24, 2.45) is 0 Å². The molecule has 1 amide bonds. The van der Waals surface area contributed by atoms with Crippen LogP contribution in [0.2, 0.25) is 5.02 Å². The van der Waals surface area contributed by atoms with E-state index in [9.17, 15) is 4.79 Å². The molecule has 1 N–H and O–H groups in total. The highest BCUT2D eigenvalue weighted by Gasteiger charge is 2.14. The monoisotopic (exact) mass is 354 g/mol. The Balaban J connectivity index is 1.55. The third kappa shape index (κ3) is 2.91. The van der Waals surface area contributed by atoms with E-state index in [2.05, 4.69) is 10.3 Å². The van der Waals surface area contributed by atoms with E-state index in [-0.39, 0.29) is 11.7 Å². The third-order valence-corrected chi connectivity index (χ3v) is 4.68. The lowest BCUT2D eigenvalue weighted by molar-refractivity contribution is 0.0997. The molecule has 2 heterocycles. The highest BCUT2D eigenvalue weighted by molar-refractivity contribution is 7.22. The zero-order chi connectivity index (χ0) is 16.5. The SMILES string of the molecule is O=C(Nc1nc2ccccc2s1)c1ccc(-c2ccc(Cl)cc2)o1. The number of anilines is 1. The largest absolute Gasteiger partial charge is 0.451 e. The van der Waals surface area contributed by atoms with Crippen LogP contribution in [0.1, 0.15) is 10.6 Å². The standard InChI is InChI=1S/C18H11ClN2O2S/c19-12-7-5-11(6-8-12)14-9-10-15(23-14)17(22)21-18-20-13-3-1-2-4-16(13)24-18/h1-10H,(H,20,21,22). The molecule has 0 aliphatic rings. The molecule has 0 fully saturated rings. The van der Waals surface area contributed by atoms with Gasteiger partial charge in [0, 0.05) is 10.6 Å². The number of aromatic nitrogens is 1. The number of carbonyl (C=O) groups excluding carboxylic acids is 1. The topological polar surface area (TPSA) is 55.1 Å². The van der Waals surface area contributed by atoms with Crippen LogP contribution in [0.3, 0.4) is 0 Å². The maximum absolute atomic E-state index is 12.3. The van der Waals surface area contributed by atoms with Gasteiger partial charge < -0.3 is 4.42 Å². The Morgan fingerprint density at radius 3 is 2.62 bits per heavy atom. The van der Waals surface area contributed by atoms with Crippen molar-refractivity contribution in [1.82, 2.24) is 4.98 Å². The Kier molecular flexibility index (Phi) is 3.80. The molecule has 4 aromatic rings. The van der Waals surface area contributed by atoms with Crippen molar-refractivity contribution in [2.45, 2.75) is 0 Å². The zero-order valence-electron chi connectivity index (χ0n) is 12.3. The average molecular weight is 355 g/mol. The first-order valence-electron chi connectivity index (χ1n) is 7.22. The summed E-state index contributed by atoms with van der Waals surface area (Å²) in [5.74, 6) is 0.523. The van der Waals surface area contributed by atoms with Gasteiger partial charge in [-0.05, 0) is 48.5 Å². The summed E-state index contributed by atoms with van der Waals surface area (Å²) in [4.78, 5) is 16.7. The zero-order valence-corrected chi connectivity index (χ0v) is 13.9. The van der Waals surface area contributed by atoms with Gasteiger partial charge in [-0.3, -0.25) is 10.1 Å². The Labute approximate surface area is 146 Å². The van der Waals surface area contributed by atoms with Crippen LogP contribution < -0.4 is 5.32 Å². The number of hydrogen-bond acceptors (Lipinski definition) is 4. The van der Waals surface area contributed by atoms with E-state index in [1.807, 2.05) is 36.4 Å². The van der Waals surface area contributed by atoms with Crippen LogP contribution in [0.25, 0.3) is 21.5 Å². The number of nitrogens with one attached hydrogen (secondary N) is 1. The molecule has 0 atom stereocenters. The molecular weight excluding hydrogens is 344 g/mol. The molecule has 0 aliphatic carbocycles. The summed E-state index contributed by atoms with van der Waals surface area (Å²) in [5, 5.41) is 3.97.